The van der Waals surface area contributed by atoms with Crippen molar-refractivity contribution >= 4 is 23.7 Å². The van der Waals surface area contributed by atoms with Gasteiger partial charge in [0, 0.05) is 31.1 Å². The molecule has 4 rings (SSSR count). The van der Waals surface area contributed by atoms with Crippen LogP contribution in [-0.4, -0.2) is 47.8 Å². The number of benzene rings is 1. The van der Waals surface area contributed by atoms with Crippen LogP contribution in [0.3, 0.4) is 0 Å². The van der Waals surface area contributed by atoms with E-state index in [1.54, 1.807) is 4.90 Å². The van der Waals surface area contributed by atoms with Crippen LogP contribution < -0.4 is 10.6 Å². The molecule has 0 bridgehead atoms. The summed E-state index contributed by atoms with van der Waals surface area (Å²) in [7, 11) is 1.44. The second-order valence-corrected chi connectivity index (χ2v) is 9.12. The Bertz CT molecular complexity index is 930. The van der Waals surface area contributed by atoms with Crippen LogP contribution in [-0.2, 0) is 32.2 Å². The fourth-order valence-corrected chi connectivity index (χ4v) is 5.09. The first kappa shape index (κ1) is 21.5. The molecule has 2 heterocycles. The van der Waals surface area contributed by atoms with Gasteiger partial charge in [0.05, 0.1) is 12.5 Å². The first-order valence-corrected chi connectivity index (χ1v) is 10.9. The van der Waals surface area contributed by atoms with Gasteiger partial charge in [0.1, 0.15) is 6.04 Å². The molecular formula is C23H29N3O5. The highest BCUT2D eigenvalue weighted by atomic mass is 16.5. The van der Waals surface area contributed by atoms with Gasteiger partial charge in [-0.05, 0) is 49.8 Å². The standard InChI is InChI=1S/C23H29N3O5/c1-23(22(30)31-2)9-3-4-16(11-23)24-12-14-5-6-17-15(10-14)13-26(21(17)29)18-7-8-19(27)25-20(18)28/h5-6,10,16,18,24H,3-4,7-9,11-13H2,1-2H3,(H,25,27,28). The Morgan fingerprint density at radius 3 is 2.84 bits per heavy atom. The molecule has 1 aromatic carbocycles. The first-order chi connectivity index (χ1) is 14.8. The molecule has 1 saturated heterocycles. The lowest BCUT2D eigenvalue weighted by molar-refractivity contribution is -0.154. The molecule has 2 N–H and O–H groups in total. The van der Waals surface area contributed by atoms with Crippen molar-refractivity contribution in [1.29, 1.82) is 0 Å². The molecule has 0 aromatic heterocycles. The number of rotatable bonds is 5. The van der Waals surface area contributed by atoms with E-state index >= 15 is 0 Å². The third kappa shape index (κ3) is 4.21. The Morgan fingerprint density at radius 2 is 2.10 bits per heavy atom. The number of imide groups is 1. The molecule has 166 valence electrons. The topological polar surface area (TPSA) is 105 Å². The number of ether oxygens (including phenoxy) is 1. The van der Waals surface area contributed by atoms with Crippen LogP contribution in [0.2, 0.25) is 0 Å². The number of nitrogens with one attached hydrogen (secondary N) is 2. The molecule has 0 spiro atoms. The molecule has 3 amide bonds. The van der Waals surface area contributed by atoms with Crippen LogP contribution in [0.5, 0.6) is 0 Å². The minimum atomic E-state index is -0.600. The quantitative estimate of drug-likeness (QED) is 0.547. The molecule has 3 unspecified atom stereocenters. The second kappa shape index (κ2) is 8.42. The predicted octanol–water partition coefficient (Wildman–Crippen LogP) is 1.66. The van der Waals surface area contributed by atoms with Crippen molar-refractivity contribution in [2.24, 2.45) is 5.41 Å². The van der Waals surface area contributed by atoms with Crippen LogP contribution in [0.15, 0.2) is 18.2 Å². The van der Waals surface area contributed by atoms with Gasteiger partial charge in [-0.1, -0.05) is 18.6 Å². The Balaban J connectivity index is 1.39. The van der Waals surface area contributed by atoms with Crippen molar-refractivity contribution in [2.45, 2.75) is 70.6 Å². The number of esters is 1. The average molecular weight is 428 g/mol. The Morgan fingerprint density at radius 1 is 1.29 bits per heavy atom. The average Bonchev–Trinajstić information content (AvgIpc) is 3.07. The van der Waals surface area contributed by atoms with E-state index in [9.17, 15) is 19.2 Å². The summed E-state index contributed by atoms with van der Waals surface area (Å²) in [5.74, 6) is -0.997. The van der Waals surface area contributed by atoms with Gasteiger partial charge in [-0.25, -0.2) is 0 Å². The van der Waals surface area contributed by atoms with Crippen molar-refractivity contribution in [1.82, 2.24) is 15.5 Å². The number of fused-ring (bicyclic) bond motifs is 1. The number of carbonyl (C=O) groups excluding carboxylic acids is 4. The van der Waals surface area contributed by atoms with Crippen molar-refractivity contribution in [3.63, 3.8) is 0 Å². The van der Waals surface area contributed by atoms with Crippen LogP contribution in [0.4, 0.5) is 0 Å². The third-order valence-electron chi connectivity index (χ3n) is 6.84. The van der Waals surface area contributed by atoms with E-state index < -0.39 is 17.4 Å². The molecule has 3 aliphatic rings. The van der Waals surface area contributed by atoms with Crippen LogP contribution in [0.25, 0.3) is 0 Å². The zero-order chi connectivity index (χ0) is 22.2. The molecule has 1 aromatic rings. The van der Waals surface area contributed by atoms with Crippen molar-refractivity contribution in [3.8, 4) is 0 Å². The molecular weight excluding hydrogens is 398 g/mol. The van der Waals surface area contributed by atoms with E-state index in [-0.39, 0.29) is 30.2 Å². The fraction of sp³-hybridized carbons (Fsp3) is 0.565. The maximum atomic E-state index is 12.8. The number of methoxy groups -OCH3 is 1. The molecule has 1 saturated carbocycles. The highest BCUT2D eigenvalue weighted by Crippen LogP contribution is 2.37. The number of hydrogen-bond donors (Lipinski definition) is 2. The summed E-state index contributed by atoms with van der Waals surface area (Å²) in [6.07, 6.45) is 4.18. The lowest BCUT2D eigenvalue weighted by Crippen LogP contribution is -2.52. The summed E-state index contributed by atoms with van der Waals surface area (Å²) in [5.41, 5.74) is 2.13. The number of hydrogen-bond acceptors (Lipinski definition) is 6. The largest absolute Gasteiger partial charge is 0.469 e. The number of carbonyl (C=O) groups is 4. The van der Waals surface area contributed by atoms with E-state index in [0.29, 0.717) is 25.1 Å². The third-order valence-corrected chi connectivity index (χ3v) is 6.84. The highest BCUT2D eigenvalue weighted by molar-refractivity contribution is 6.05. The number of amides is 3. The number of piperidine rings is 1. The molecule has 1 aliphatic carbocycles. The van der Waals surface area contributed by atoms with Gasteiger partial charge < -0.3 is 15.0 Å². The van der Waals surface area contributed by atoms with Crippen molar-refractivity contribution < 1.29 is 23.9 Å². The van der Waals surface area contributed by atoms with Crippen LogP contribution >= 0.6 is 0 Å². The highest BCUT2D eigenvalue weighted by Gasteiger charge is 2.40. The lowest BCUT2D eigenvalue weighted by Gasteiger charge is -2.36. The summed E-state index contributed by atoms with van der Waals surface area (Å²) in [6.45, 7) is 2.98. The van der Waals surface area contributed by atoms with E-state index in [0.717, 1.165) is 36.8 Å². The molecule has 0 radical (unpaired) electrons. The number of nitrogens with zero attached hydrogens (tertiary/aromatic N) is 1. The second-order valence-electron chi connectivity index (χ2n) is 9.12. The van der Waals surface area contributed by atoms with E-state index in [2.05, 4.69) is 10.6 Å². The Kier molecular flexibility index (Phi) is 5.83. The van der Waals surface area contributed by atoms with Gasteiger partial charge in [-0.2, -0.15) is 0 Å². The van der Waals surface area contributed by atoms with Crippen LogP contribution in [0.1, 0.15) is 66.9 Å². The fourth-order valence-electron chi connectivity index (χ4n) is 5.09. The first-order valence-electron chi connectivity index (χ1n) is 10.9. The minimum absolute atomic E-state index is 0.149. The molecule has 3 atom stereocenters. The van der Waals surface area contributed by atoms with E-state index in [1.807, 2.05) is 25.1 Å². The van der Waals surface area contributed by atoms with Gasteiger partial charge in [0.25, 0.3) is 5.91 Å². The minimum Gasteiger partial charge on any atom is -0.469 e. The SMILES string of the molecule is COC(=O)C1(C)CCCC(NCc2ccc3c(c2)CN(C2CCC(=O)NC2=O)C3=O)C1. The Hall–Kier alpha value is -2.74. The summed E-state index contributed by atoms with van der Waals surface area (Å²) < 4.78 is 4.99. The van der Waals surface area contributed by atoms with Crippen LogP contribution in [0, 0.1) is 5.41 Å². The summed E-state index contributed by atoms with van der Waals surface area (Å²) in [6, 6.07) is 5.39. The summed E-state index contributed by atoms with van der Waals surface area (Å²) >= 11 is 0. The molecule has 8 nitrogen and oxygen atoms in total. The predicted molar refractivity (Wildman–Crippen MR) is 112 cm³/mol. The zero-order valence-electron chi connectivity index (χ0n) is 18.0. The maximum Gasteiger partial charge on any atom is 0.311 e. The van der Waals surface area contributed by atoms with Gasteiger partial charge >= 0.3 is 5.97 Å². The van der Waals surface area contributed by atoms with Crippen molar-refractivity contribution in [3.05, 3.63) is 34.9 Å². The normalized spacial score (nSPS) is 28.3. The van der Waals surface area contributed by atoms with Gasteiger partial charge in [-0.3, -0.25) is 24.5 Å². The zero-order valence-corrected chi connectivity index (χ0v) is 18.0. The monoisotopic (exact) mass is 427 g/mol. The van der Waals surface area contributed by atoms with Gasteiger partial charge in [0.15, 0.2) is 0 Å². The molecule has 2 aliphatic heterocycles. The van der Waals surface area contributed by atoms with Crippen molar-refractivity contribution in [2.75, 3.05) is 7.11 Å². The summed E-state index contributed by atoms with van der Waals surface area (Å²) in [4.78, 5) is 50.1. The summed E-state index contributed by atoms with van der Waals surface area (Å²) in [5, 5.41) is 5.88. The van der Waals surface area contributed by atoms with Gasteiger partial charge in [-0.15, -0.1) is 0 Å². The smallest absolute Gasteiger partial charge is 0.311 e. The lowest BCUT2D eigenvalue weighted by atomic mass is 9.73. The van der Waals surface area contributed by atoms with E-state index in [1.165, 1.54) is 7.11 Å². The molecule has 31 heavy (non-hydrogen) atoms. The molecule has 8 heteroatoms. The van der Waals surface area contributed by atoms with Gasteiger partial charge in [0.2, 0.25) is 11.8 Å². The Labute approximate surface area is 181 Å². The van der Waals surface area contributed by atoms with E-state index in [4.69, 9.17) is 4.74 Å². The molecule has 2 fully saturated rings. The maximum absolute atomic E-state index is 12.8.